The van der Waals surface area contributed by atoms with Gasteiger partial charge in [0.2, 0.25) is 0 Å². The third-order valence-electron chi connectivity index (χ3n) is 11.2. The number of para-hydroxylation sites is 1. The summed E-state index contributed by atoms with van der Waals surface area (Å²) in [4.78, 5) is 34.4. The molecule has 0 radical (unpaired) electrons. The Bertz CT molecular complexity index is 2220. The number of nitrogens with one attached hydrogen (secondary N) is 1. The smallest absolute Gasteiger partial charge is 0.407 e. The number of ether oxygens (including phenoxy) is 3. The fraction of sp³-hybridized carbons (Fsp3) is 0.524. The van der Waals surface area contributed by atoms with Crippen LogP contribution in [0.15, 0.2) is 54.9 Å². The molecule has 4 heterocycles. The van der Waals surface area contributed by atoms with Crippen LogP contribution in [0.3, 0.4) is 0 Å². The second-order valence-corrected chi connectivity index (χ2v) is 23.6. The van der Waals surface area contributed by atoms with Crippen LogP contribution in [-0.4, -0.2) is 86.8 Å². The number of alkyl carbamates (subject to hydrolysis) is 1. The monoisotopic (exact) mass is 765 g/mol. The molecule has 1 N–H and O–H groups in total. The van der Waals surface area contributed by atoms with Crippen molar-refractivity contribution in [3.05, 3.63) is 66.0 Å². The first kappa shape index (κ1) is 37.3. The number of likely N-dealkylation sites (tertiary alicyclic amines) is 1. The number of carbonyl (C=O) groups is 2. The van der Waals surface area contributed by atoms with E-state index in [2.05, 4.69) is 69.5 Å². The van der Waals surface area contributed by atoms with Gasteiger partial charge in [0.1, 0.15) is 23.6 Å². The Hall–Kier alpha value is -4.62. The van der Waals surface area contributed by atoms with Gasteiger partial charge in [0.25, 0.3) is 5.91 Å². The van der Waals surface area contributed by atoms with E-state index in [-0.39, 0.29) is 23.9 Å². The van der Waals surface area contributed by atoms with E-state index in [1.807, 2.05) is 54.9 Å². The van der Waals surface area contributed by atoms with Crippen LogP contribution in [0.2, 0.25) is 25.7 Å². The molecule has 2 aromatic carbocycles. The molecule has 3 fully saturated rings. The van der Waals surface area contributed by atoms with Crippen molar-refractivity contribution in [2.24, 2.45) is 11.8 Å². The van der Waals surface area contributed by atoms with Gasteiger partial charge in [0.05, 0.1) is 43.1 Å². The lowest BCUT2D eigenvalue weighted by Crippen LogP contribution is -2.46. The zero-order valence-corrected chi connectivity index (χ0v) is 34.3. The molecule has 1 saturated heterocycles. The summed E-state index contributed by atoms with van der Waals surface area (Å²) in [6.07, 6.45) is 7.74. The summed E-state index contributed by atoms with van der Waals surface area (Å²) in [6, 6.07) is 15.4. The molecule has 5 aromatic rings. The number of imidazole rings is 1. The van der Waals surface area contributed by atoms with Crippen LogP contribution >= 0.6 is 0 Å². The molecule has 3 aromatic heterocycles. The van der Waals surface area contributed by atoms with E-state index < -0.39 is 19.8 Å². The summed E-state index contributed by atoms with van der Waals surface area (Å²) < 4.78 is 24.2. The summed E-state index contributed by atoms with van der Waals surface area (Å²) in [7, 11) is 0.459. The van der Waals surface area contributed by atoms with E-state index in [1.54, 1.807) is 7.11 Å². The van der Waals surface area contributed by atoms with E-state index in [9.17, 15) is 9.59 Å². The second-order valence-electron chi connectivity index (χ2n) is 18.0. The van der Waals surface area contributed by atoms with E-state index >= 15 is 0 Å². The fourth-order valence-corrected chi connectivity index (χ4v) is 9.10. The Balaban J connectivity index is 1.15. The highest BCUT2D eigenvalue weighted by atomic mass is 28.3. The summed E-state index contributed by atoms with van der Waals surface area (Å²) in [5.74, 6) is 2.14. The molecule has 2 unspecified atom stereocenters. The van der Waals surface area contributed by atoms with Crippen molar-refractivity contribution in [1.29, 1.82) is 0 Å². The van der Waals surface area contributed by atoms with E-state index in [0.29, 0.717) is 42.6 Å². The highest BCUT2D eigenvalue weighted by molar-refractivity contribution is 6.76. The Morgan fingerprint density at radius 3 is 2.56 bits per heavy atom. The topological polar surface area (TPSA) is 118 Å². The zero-order valence-electron chi connectivity index (χ0n) is 33.3. The van der Waals surface area contributed by atoms with Crippen LogP contribution in [0.1, 0.15) is 62.4 Å². The number of fused-ring (bicyclic) bond motifs is 4. The Morgan fingerprint density at radius 1 is 1.02 bits per heavy atom. The fourth-order valence-electron chi connectivity index (χ4n) is 8.34. The molecule has 55 heavy (non-hydrogen) atoms. The van der Waals surface area contributed by atoms with Gasteiger partial charge in [-0.15, -0.1) is 0 Å². The van der Waals surface area contributed by atoms with Crippen LogP contribution < -0.4 is 10.1 Å². The van der Waals surface area contributed by atoms with Crippen molar-refractivity contribution in [2.75, 3.05) is 20.3 Å². The molecule has 292 valence electrons. The van der Waals surface area contributed by atoms with Gasteiger partial charge < -0.3 is 33.6 Å². The van der Waals surface area contributed by atoms with Gasteiger partial charge in [-0.3, -0.25) is 4.79 Å². The average Bonchev–Trinajstić information content (AvgIpc) is 3.44. The first-order chi connectivity index (χ1) is 26.2. The van der Waals surface area contributed by atoms with Gasteiger partial charge in [-0.05, 0) is 88.6 Å². The lowest BCUT2D eigenvalue weighted by atomic mass is 10.1. The molecule has 1 aliphatic heterocycles. The highest BCUT2D eigenvalue weighted by Crippen LogP contribution is 2.41. The molecular weight excluding hydrogens is 711 g/mol. The Morgan fingerprint density at radius 2 is 1.82 bits per heavy atom. The van der Waals surface area contributed by atoms with Crippen LogP contribution in [0.5, 0.6) is 5.75 Å². The van der Waals surface area contributed by atoms with Crippen molar-refractivity contribution < 1.29 is 23.8 Å². The number of aromatic nitrogens is 5. The Labute approximate surface area is 324 Å². The lowest BCUT2D eigenvalue weighted by molar-refractivity contribution is 0.0485. The number of benzene rings is 2. The molecule has 2 amide bonds. The maximum atomic E-state index is 14.4. The van der Waals surface area contributed by atoms with E-state index in [4.69, 9.17) is 19.2 Å². The van der Waals surface area contributed by atoms with Crippen LogP contribution in [0, 0.1) is 11.8 Å². The second kappa shape index (κ2) is 14.5. The third kappa shape index (κ3) is 7.91. The standard InChI is InChI=1S/C42H55N7O5Si/c1-42(2,3)54-41(51)45-37-30-14-15-34(37)48(25-30)40(50)31-18-32-38(36(20-31)52-4)49(24-28-21-43-46(22-28)26-53-16-17-55(5,6)7)39(44-32)35-19-29-10-8-9-11-33(29)47(35)23-27-12-13-27/h8-11,18-22,27,30,34,37H,12-17,23-26H2,1-7H3,(H,45,51)/t30?,34?,37-/m1/s1. The number of methoxy groups -OCH3 is 1. The summed E-state index contributed by atoms with van der Waals surface area (Å²) in [6.45, 7) is 15.8. The lowest BCUT2D eigenvalue weighted by Gasteiger charge is -2.28. The quantitative estimate of drug-likeness (QED) is 0.0962. The molecular formula is C42H55N7O5Si. The van der Waals surface area contributed by atoms with Gasteiger partial charge in [0, 0.05) is 56.0 Å². The number of hydrogen-bond acceptors (Lipinski definition) is 7. The van der Waals surface area contributed by atoms with Crippen molar-refractivity contribution in [3.8, 4) is 17.3 Å². The number of amides is 2. The SMILES string of the molecule is COc1cc(C(=O)N2CC3CCC2[C@@H]3NC(=O)OC(C)(C)C)cc2nc(-c3cc4ccccc4n3CC3CC3)n(Cc3cnn(COCC[Si](C)(C)C)c3)c12. The van der Waals surface area contributed by atoms with Crippen LogP contribution in [0.4, 0.5) is 4.79 Å². The van der Waals surface area contributed by atoms with E-state index in [1.165, 1.54) is 23.7 Å². The Kier molecular flexibility index (Phi) is 9.81. The maximum absolute atomic E-state index is 14.4. The molecule has 8 rings (SSSR count). The minimum absolute atomic E-state index is 0.0854. The number of carbonyl (C=O) groups excluding carboxylic acids is 2. The van der Waals surface area contributed by atoms with Gasteiger partial charge in [-0.25, -0.2) is 14.5 Å². The molecule has 3 aliphatic rings. The largest absolute Gasteiger partial charge is 0.494 e. The van der Waals surface area contributed by atoms with Crippen LogP contribution in [-0.2, 0) is 29.3 Å². The van der Waals surface area contributed by atoms with Gasteiger partial charge >= 0.3 is 6.09 Å². The number of piperidine rings is 1. The summed E-state index contributed by atoms with van der Waals surface area (Å²) in [5.41, 5.74) is 4.67. The van der Waals surface area contributed by atoms with Crippen molar-refractivity contribution >= 4 is 42.0 Å². The highest BCUT2D eigenvalue weighted by Gasteiger charge is 2.50. The van der Waals surface area contributed by atoms with Crippen molar-refractivity contribution in [3.63, 3.8) is 0 Å². The van der Waals surface area contributed by atoms with Crippen LogP contribution in [0.25, 0.3) is 33.5 Å². The molecule has 2 saturated carbocycles. The van der Waals surface area contributed by atoms with Gasteiger partial charge in [-0.1, -0.05) is 37.8 Å². The first-order valence-electron chi connectivity index (χ1n) is 19.8. The number of nitrogens with zero attached hydrogens (tertiary/aromatic N) is 6. The van der Waals surface area contributed by atoms with Crippen molar-refractivity contribution in [1.82, 2.24) is 34.1 Å². The molecule has 2 bridgehead atoms. The summed E-state index contributed by atoms with van der Waals surface area (Å²) in [5, 5.41) is 8.90. The first-order valence-corrected chi connectivity index (χ1v) is 23.5. The minimum atomic E-state index is -1.19. The summed E-state index contributed by atoms with van der Waals surface area (Å²) >= 11 is 0. The molecule has 12 nitrogen and oxygen atoms in total. The number of hydrogen-bond donors (Lipinski definition) is 1. The molecule has 3 atom stereocenters. The third-order valence-corrected chi connectivity index (χ3v) is 12.9. The molecule has 2 aliphatic carbocycles. The molecule has 0 spiro atoms. The molecule has 13 heteroatoms. The normalized spacial score (nSPS) is 19.8. The van der Waals surface area contributed by atoms with Gasteiger partial charge in [-0.2, -0.15) is 5.10 Å². The van der Waals surface area contributed by atoms with Gasteiger partial charge in [0.15, 0.2) is 5.82 Å². The maximum Gasteiger partial charge on any atom is 0.407 e. The predicted octanol–water partition coefficient (Wildman–Crippen LogP) is 7.76. The average molecular weight is 766 g/mol. The zero-order chi connectivity index (χ0) is 38.6. The van der Waals surface area contributed by atoms with E-state index in [0.717, 1.165) is 54.6 Å². The minimum Gasteiger partial charge on any atom is -0.494 e. The number of rotatable bonds is 13. The predicted molar refractivity (Wildman–Crippen MR) is 216 cm³/mol. The van der Waals surface area contributed by atoms with Crippen molar-refractivity contribution in [2.45, 2.75) is 110 Å².